The first-order valence-electron chi connectivity index (χ1n) is 6.54. The highest BCUT2D eigenvalue weighted by molar-refractivity contribution is 5.64. The predicted octanol–water partition coefficient (Wildman–Crippen LogP) is 1.50. The Hall–Kier alpha value is -1.59. The van der Waals surface area contributed by atoms with E-state index >= 15 is 0 Å². The molecule has 2 rings (SSSR count). The number of benzene rings is 1. The molecule has 1 saturated carbocycles. The van der Waals surface area contributed by atoms with Crippen molar-refractivity contribution in [2.75, 3.05) is 0 Å². The summed E-state index contributed by atoms with van der Waals surface area (Å²) in [6.07, 6.45) is -0.465. The number of hydrogen-bond donors (Lipinski definition) is 4. The molecule has 1 fully saturated rings. The Morgan fingerprint density at radius 1 is 1.32 bits per heavy atom. The average Bonchev–Trinajstić information content (AvgIpc) is 2.69. The summed E-state index contributed by atoms with van der Waals surface area (Å²) in [7, 11) is 0. The number of carbonyl (C=O) groups is 1. The summed E-state index contributed by atoms with van der Waals surface area (Å²) < 4.78 is 0. The average molecular weight is 264 g/mol. The molecule has 5 heteroatoms. The van der Waals surface area contributed by atoms with E-state index in [9.17, 15) is 9.90 Å². The Morgan fingerprint density at radius 2 is 2.00 bits per heavy atom. The van der Waals surface area contributed by atoms with E-state index < -0.39 is 12.2 Å². The van der Waals surface area contributed by atoms with E-state index in [1.807, 2.05) is 37.3 Å². The minimum absolute atomic E-state index is 0.0768. The standard InChI is InChI=1S/C14H20N2O3/c1-9(10-5-3-2-4-6-10)15-12-7-11(8-13(12)17)16-14(18)19/h2-6,9,11-13,15-17H,7-8H2,1H3,(H,18,19)/t9-,11+,12+,13+/m0/s1. The Labute approximate surface area is 112 Å². The molecule has 1 amide bonds. The van der Waals surface area contributed by atoms with Gasteiger partial charge < -0.3 is 20.8 Å². The van der Waals surface area contributed by atoms with Crippen LogP contribution in [-0.2, 0) is 0 Å². The molecule has 0 aliphatic heterocycles. The Kier molecular flexibility index (Phi) is 4.39. The van der Waals surface area contributed by atoms with Crippen LogP contribution in [0.4, 0.5) is 4.79 Å². The molecule has 1 aliphatic carbocycles. The highest BCUT2D eigenvalue weighted by Crippen LogP contribution is 2.23. The molecule has 1 aliphatic rings. The third-order valence-corrected chi connectivity index (χ3v) is 3.62. The number of nitrogens with one attached hydrogen (secondary N) is 2. The fourth-order valence-electron chi connectivity index (χ4n) is 2.65. The molecule has 5 nitrogen and oxygen atoms in total. The van der Waals surface area contributed by atoms with Gasteiger partial charge in [0.1, 0.15) is 0 Å². The maximum Gasteiger partial charge on any atom is 0.404 e. The van der Waals surface area contributed by atoms with Crippen LogP contribution in [0, 0.1) is 0 Å². The monoisotopic (exact) mass is 264 g/mol. The normalized spacial score (nSPS) is 28.0. The van der Waals surface area contributed by atoms with Crippen LogP contribution in [-0.4, -0.2) is 34.5 Å². The first kappa shape index (κ1) is 13.8. The topological polar surface area (TPSA) is 81.6 Å². The van der Waals surface area contributed by atoms with Gasteiger partial charge in [-0.1, -0.05) is 30.3 Å². The van der Waals surface area contributed by atoms with Gasteiger partial charge in [-0.05, 0) is 25.3 Å². The lowest BCUT2D eigenvalue weighted by atomic mass is 10.1. The van der Waals surface area contributed by atoms with Gasteiger partial charge in [-0.2, -0.15) is 0 Å². The highest BCUT2D eigenvalue weighted by atomic mass is 16.4. The zero-order valence-corrected chi connectivity index (χ0v) is 10.9. The molecule has 1 aromatic carbocycles. The molecule has 0 aromatic heterocycles. The van der Waals surface area contributed by atoms with Gasteiger partial charge in [-0.25, -0.2) is 4.79 Å². The molecule has 19 heavy (non-hydrogen) atoms. The fraction of sp³-hybridized carbons (Fsp3) is 0.500. The molecule has 0 unspecified atom stereocenters. The maximum atomic E-state index is 10.6. The van der Waals surface area contributed by atoms with Crippen molar-refractivity contribution in [3.05, 3.63) is 35.9 Å². The van der Waals surface area contributed by atoms with Crippen molar-refractivity contribution < 1.29 is 15.0 Å². The van der Waals surface area contributed by atoms with E-state index in [-0.39, 0.29) is 18.1 Å². The number of carboxylic acid groups (broad SMARTS) is 1. The van der Waals surface area contributed by atoms with Gasteiger partial charge in [0.05, 0.1) is 6.10 Å². The van der Waals surface area contributed by atoms with Gasteiger partial charge in [0.25, 0.3) is 0 Å². The maximum absolute atomic E-state index is 10.6. The summed E-state index contributed by atoms with van der Waals surface area (Å²) in [5, 5.41) is 24.5. The summed E-state index contributed by atoms with van der Waals surface area (Å²) >= 11 is 0. The summed E-state index contributed by atoms with van der Waals surface area (Å²) in [5.74, 6) is 0. The van der Waals surface area contributed by atoms with Crippen molar-refractivity contribution in [3.63, 3.8) is 0 Å². The molecule has 0 saturated heterocycles. The second-order valence-electron chi connectivity index (χ2n) is 5.09. The van der Waals surface area contributed by atoms with E-state index in [0.29, 0.717) is 12.8 Å². The predicted molar refractivity (Wildman–Crippen MR) is 72.0 cm³/mol. The summed E-state index contributed by atoms with van der Waals surface area (Å²) in [6, 6.07) is 9.87. The number of amides is 1. The van der Waals surface area contributed by atoms with Crippen LogP contribution in [0.25, 0.3) is 0 Å². The van der Waals surface area contributed by atoms with Crippen molar-refractivity contribution in [1.29, 1.82) is 0 Å². The van der Waals surface area contributed by atoms with Crippen LogP contribution in [0.15, 0.2) is 30.3 Å². The Bertz CT molecular complexity index is 424. The molecular weight excluding hydrogens is 244 g/mol. The summed E-state index contributed by atoms with van der Waals surface area (Å²) in [5.41, 5.74) is 1.16. The van der Waals surface area contributed by atoms with Crippen molar-refractivity contribution in [1.82, 2.24) is 10.6 Å². The van der Waals surface area contributed by atoms with Gasteiger partial charge in [0, 0.05) is 18.1 Å². The third kappa shape index (κ3) is 3.68. The molecule has 0 spiro atoms. The van der Waals surface area contributed by atoms with Crippen LogP contribution in [0.3, 0.4) is 0 Å². The zero-order valence-electron chi connectivity index (χ0n) is 10.9. The lowest BCUT2D eigenvalue weighted by molar-refractivity contribution is 0.142. The van der Waals surface area contributed by atoms with E-state index in [2.05, 4.69) is 10.6 Å². The van der Waals surface area contributed by atoms with Crippen LogP contribution in [0.2, 0.25) is 0 Å². The fourth-order valence-corrected chi connectivity index (χ4v) is 2.65. The quantitative estimate of drug-likeness (QED) is 0.664. The van der Waals surface area contributed by atoms with Gasteiger partial charge in [-0.3, -0.25) is 0 Å². The van der Waals surface area contributed by atoms with Crippen molar-refractivity contribution in [2.45, 2.75) is 44.0 Å². The number of hydrogen-bond acceptors (Lipinski definition) is 3. The van der Waals surface area contributed by atoms with Gasteiger partial charge in [0.15, 0.2) is 0 Å². The molecule has 4 atom stereocenters. The van der Waals surface area contributed by atoms with Crippen molar-refractivity contribution in [3.8, 4) is 0 Å². The molecule has 0 bridgehead atoms. The van der Waals surface area contributed by atoms with Gasteiger partial charge >= 0.3 is 6.09 Å². The molecule has 1 aromatic rings. The van der Waals surface area contributed by atoms with Gasteiger partial charge in [0.2, 0.25) is 0 Å². The van der Waals surface area contributed by atoms with Crippen LogP contribution in [0.1, 0.15) is 31.4 Å². The van der Waals surface area contributed by atoms with E-state index in [4.69, 9.17) is 5.11 Å². The number of aliphatic hydroxyl groups is 1. The first-order valence-corrected chi connectivity index (χ1v) is 6.54. The Balaban J connectivity index is 1.91. The van der Waals surface area contributed by atoms with Gasteiger partial charge in [-0.15, -0.1) is 0 Å². The van der Waals surface area contributed by atoms with E-state index in [1.165, 1.54) is 0 Å². The smallest absolute Gasteiger partial charge is 0.404 e. The number of aliphatic hydroxyl groups excluding tert-OH is 1. The zero-order chi connectivity index (χ0) is 13.8. The van der Waals surface area contributed by atoms with Crippen LogP contribution in [0.5, 0.6) is 0 Å². The molecule has 0 heterocycles. The van der Waals surface area contributed by atoms with E-state index in [0.717, 1.165) is 5.56 Å². The lowest BCUT2D eigenvalue weighted by Gasteiger charge is -2.22. The molecule has 4 N–H and O–H groups in total. The van der Waals surface area contributed by atoms with Crippen molar-refractivity contribution >= 4 is 6.09 Å². The summed E-state index contributed by atoms with van der Waals surface area (Å²) in [6.45, 7) is 2.04. The van der Waals surface area contributed by atoms with E-state index in [1.54, 1.807) is 0 Å². The molecule has 0 radical (unpaired) electrons. The largest absolute Gasteiger partial charge is 0.465 e. The Morgan fingerprint density at radius 3 is 2.63 bits per heavy atom. The SMILES string of the molecule is C[C@H](N[C@@H]1C[C@@H](NC(=O)O)C[C@H]1O)c1ccccc1. The summed E-state index contributed by atoms with van der Waals surface area (Å²) in [4.78, 5) is 10.6. The first-order chi connectivity index (χ1) is 9.06. The van der Waals surface area contributed by atoms with Crippen LogP contribution >= 0.6 is 0 Å². The van der Waals surface area contributed by atoms with Crippen LogP contribution < -0.4 is 10.6 Å². The lowest BCUT2D eigenvalue weighted by Crippen LogP contribution is -2.38. The third-order valence-electron chi connectivity index (χ3n) is 3.62. The second kappa shape index (κ2) is 6.04. The van der Waals surface area contributed by atoms with Crippen molar-refractivity contribution in [2.24, 2.45) is 0 Å². The minimum atomic E-state index is -1.03. The highest BCUT2D eigenvalue weighted by Gasteiger charge is 2.34. The minimum Gasteiger partial charge on any atom is -0.465 e. The second-order valence-corrected chi connectivity index (χ2v) is 5.09. The number of rotatable bonds is 4. The molecule has 104 valence electrons. The molecular formula is C14H20N2O3.